The fourth-order valence-electron chi connectivity index (χ4n) is 3.98. The SMILES string of the molecule is C=CC(=O)N1CCC(F)(F)[C@@H](Nc2ncnc3[nH]cc(C4CCOCC4)c23)C1. The zero-order valence-electron chi connectivity index (χ0n) is 15.5. The molecule has 9 heteroatoms. The summed E-state index contributed by atoms with van der Waals surface area (Å²) in [4.78, 5) is 24.9. The van der Waals surface area contributed by atoms with Crippen LogP contribution in [0.2, 0.25) is 0 Å². The van der Waals surface area contributed by atoms with Gasteiger partial charge in [-0.05, 0) is 30.4 Å². The number of ether oxygens (including phenoxy) is 1. The first-order valence-corrected chi connectivity index (χ1v) is 9.45. The topological polar surface area (TPSA) is 83.1 Å². The second kappa shape index (κ2) is 7.46. The molecule has 0 unspecified atom stereocenters. The Hall–Kier alpha value is -2.55. The zero-order chi connectivity index (χ0) is 19.7. The Morgan fingerprint density at radius 1 is 1.39 bits per heavy atom. The van der Waals surface area contributed by atoms with Gasteiger partial charge in [0.05, 0.1) is 5.39 Å². The summed E-state index contributed by atoms with van der Waals surface area (Å²) in [5.74, 6) is -2.67. The first-order chi connectivity index (χ1) is 13.5. The number of piperidine rings is 1. The molecule has 0 radical (unpaired) electrons. The lowest BCUT2D eigenvalue weighted by Gasteiger charge is -2.38. The van der Waals surface area contributed by atoms with Crippen molar-refractivity contribution >= 4 is 22.8 Å². The van der Waals surface area contributed by atoms with Gasteiger partial charge in [-0.1, -0.05) is 6.58 Å². The predicted octanol–water partition coefficient (Wildman–Crippen LogP) is 2.69. The van der Waals surface area contributed by atoms with Crippen LogP contribution in [0.5, 0.6) is 0 Å². The van der Waals surface area contributed by atoms with E-state index in [1.54, 1.807) is 0 Å². The Balaban J connectivity index is 1.65. The van der Waals surface area contributed by atoms with E-state index in [1.807, 2.05) is 6.20 Å². The lowest BCUT2D eigenvalue weighted by atomic mass is 9.92. The maximum atomic E-state index is 14.6. The number of hydrogen-bond acceptors (Lipinski definition) is 5. The minimum atomic E-state index is -2.95. The number of likely N-dealkylation sites (tertiary alicyclic amines) is 1. The van der Waals surface area contributed by atoms with Gasteiger partial charge in [0.15, 0.2) is 0 Å². The highest BCUT2D eigenvalue weighted by Crippen LogP contribution is 2.37. The van der Waals surface area contributed by atoms with Gasteiger partial charge in [0, 0.05) is 38.9 Å². The number of nitrogens with zero attached hydrogens (tertiary/aromatic N) is 3. The number of aromatic nitrogens is 3. The van der Waals surface area contributed by atoms with Crippen LogP contribution in [0.3, 0.4) is 0 Å². The number of alkyl halides is 2. The van der Waals surface area contributed by atoms with Crippen LogP contribution in [0.15, 0.2) is 25.2 Å². The van der Waals surface area contributed by atoms with Gasteiger partial charge in [0.1, 0.15) is 23.8 Å². The molecule has 2 saturated heterocycles. The normalized spacial score (nSPS) is 22.9. The summed E-state index contributed by atoms with van der Waals surface area (Å²) in [7, 11) is 0. The third-order valence-electron chi connectivity index (χ3n) is 5.59. The van der Waals surface area contributed by atoms with Crippen LogP contribution in [0, 0.1) is 0 Å². The fourth-order valence-corrected chi connectivity index (χ4v) is 3.98. The molecule has 0 aromatic carbocycles. The van der Waals surface area contributed by atoms with E-state index in [4.69, 9.17) is 4.74 Å². The number of nitrogens with one attached hydrogen (secondary N) is 2. The third-order valence-corrected chi connectivity index (χ3v) is 5.59. The number of hydrogen-bond donors (Lipinski definition) is 2. The first-order valence-electron chi connectivity index (χ1n) is 9.45. The largest absolute Gasteiger partial charge is 0.381 e. The van der Waals surface area contributed by atoms with Crippen molar-refractivity contribution < 1.29 is 18.3 Å². The number of H-pyrrole nitrogens is 1. The van der Waals surface area contributed by atoms with Crippen molar-refractivity contribution in [3.63, 3.8) is 0 Å². The first kappa shape index (κ1) is 18.8. The summed E-state index contributed by atoms with van der Waals surface area (Å²) in [6.45, 7) is 4.69. The van der Waals surface area contributed by atoms with Gasteiger partial charge in [-0.3, -0.25) is 4.79 Å². The van der Waals surface area contributed by atoms with Gasteiger partial charge < -0.3 is 19.9 Å². The highest BCUT2D eigenvalue weighted by Gasteiger charge is 2.45. The van der Waals surface area contributed by atoms with Crippen LogP contribution in [0.1, 0.15) is 30.7 Å². The maximum absolute atomic E-state index is 14.6. The predicted molar refractivity (Wildman–Crippen MR) is 100 cm³/mol. The minimum absolute atomic E-state index is 0.00664. The van der Waals surface area contributed by atoms with Crippen LogP contribution >= 0.6 is 0 Å². The molecule has 4 rings (SSSR count). The molecule has 1 amide bonds. The van der Waals surface area contributed by atoms with E-state index in [2.05, 4.69) is 26.8 Å². The lowest BCUT2D eigenvalue weighted by molar-refractivity contribution is -0.133. The Bertz CT molecular complexity index is 878. The lowest BCUT2D eigenvalue weighted by Crippen LogP contribution is -2.55. The Labute approximate surface area is 161 Å². The van der Waals surface area contributed by atoms with Gasteiger partial charge in [-0.2, -0.15) is 0 Å². The monoisotopic (exact) mass is 391 g/mol. The van der Waals surface area contributed by atoms with E-state index in [0.29, 0.717) is 24.7 Å². The molecule has 28 heavy (non-hydrogen) atoms. The Morgan fingerprint density at radius 3 is 2.93 bits per heavy atom. The molecular formula is C19H23F2N5O2. The van der Waals surface area contributed by atoms with Gasteiger partial charge >= 0.3 is 0 Å². The average molecular weight is 391 g/mol. The van der Waals surface area contributed by atoms with E-state index < -0.39 is 18.4 Å². The highest BCUT2D eigenvalue weighted by atomic mass is 19.3. The maximum Gasteiger partial charge on any atom is 0.271 e. The quantitative estimate of drug-likeness (QED) is 0.783. The van der Waals surface area contributed by atoms with E-state index >= 15 is 0 Å². The second-order valence-corrected chi connectivity index (χ2v) is 7.27. The molecule has 0 spiro atoms. The van der Waals surface area contributed by atoms with E-state index in [1.165, 1.54) is 11.2 Å². The molecule has 2 aromatic heterocycles. The molecule has 0 aliphatic carbocycles. The highest BCUT2D eigenvalue weighted by molar-refractivity contribution is 5.91. The van der Waals surface area contributed by atoms with Crippen molar-refractivity contribution in [2.75, 3.05) is 31.6 Å². The number of carbonyl (C=O) groups excluding carboxylic acids is 1. The summed E-state index contributed by atoms with van der Waals surface area (Å²) in [6.07, 6.45) is 5.71. The smallest absolute Gasteiger partial charge is 0.271 e. The van der Waals surface area contributed by atoms with Crippen molar-refractivity contribution in [3.8, 4) is 0 Å². The van der Waals surface area contributed by atoms with Crippen LogP contribution in [0.4, 0.5) is 14.6 Å². The Morgan fingerprint density at radius 2 is 2.18 bits per heavy atom. The standard InChI is InChI=1S/C19H23F2N5O2/c1-2-15(27)26-6-5-19(20,21)14(10-26)25-18-16-13(12-3-7-28-8-4-12)9-22-17(16)23-11-24-18/h2,9,11-12,14H,1,3-8,10H2,(H2,22,23,24,25)/t14-/m0/s1. The zero-order valence-corrected chi connectivity index (χ0v) is 15.5. The number of carbonyl (C=O) groups is 1. The number of fused-ring (bicyclic) bond motifs is 1. The Kier molecular flexibility index (Phi) is 5.01. The van der Waals surface area contributed by atoms with Crippen molar-refractivity contribution in [2.24, 2.45) is 0 Å². The fraction of sp³-hybridized carbons (Fsp3) is 0.526. The number of anilines is 1. The molecule has 0 bridgehead atoms. The summed E-state index contributed by atoms with van der Waals surface area (Å²) in [5, 5.41) is 3.64. The minimum Gasteiger partial charge on any atom is -0.381 e. The van der Waals surface area contributed by atoms with E-state index in [9.17, 15) is 13.6 Å². The number of rotatable bonds is 4. The summed E-state index contributed by atoms with van der Waals surface area (Å²) in [6, 6.07) is -1.24. The average Bonchev–Trinajstić information content (AvgIpc) is 3.15. The van der Waals surface area contributed by atoms with Gasteiger partial charge in [0.2, 0.25) is 5.91 Å². The summed E-state index contributed by atoms with van der Waals surface area (Å²) < 4.78 is 34.6. The number of aromatic amines is 1. The third kappa shape index (κ3) is 3.46. The second-order valence-electron chi connectivity index (χ2n) is 7.27. The molecular weight excluding hydrogens is 368 g/mol. The molecule has 1 atom stereocenters. The molecule has 7 nitrogen and oxygen atoms in total. The van der Waals surface area contributed by atoms with Crippen molar-refractivity contribution in [1.82, 2.24) is 19.9 Å². The molecule has 0 saturated carbocycles. The molecule has 2 aromatic rings. The number of halogens is 2. The van der Waals surface area contributed by atoms with E-state index in [-0.39, 0.29) is 24.9 Å². The van der Waals surface area contributed by atoms with Crippen LogP contribution in [0.25, 0.3) is 11.0 Å². The molecule has 150 valence electrons. The van der Waals surface area contributed by atoms with Gasteiger partial charge in [0.25, 0.3) is 5.92 Å². The van der Waals surface area contributed by atoms with Crippen molar-refractivity contribution in [1.29, 1.82) is 0 Å². The summed E-state index contributed by atoms with van der Waals surface area (Å²) >= 11 is 0. The van der Waals surface area contributed by atoms with Gasteiger partial charge in [-0.15, -0.1) is 0 Å². The molecule has 2 aliphatic rings. The molecule has 2 N–H and O–H groups in total. The van der Waals surface area contributed by atoms with Crippen LogP contribution < -0.4 is 5.32 Å². The van der Waals surface area contributed by atoms with Crippen molar-refractivity contribution in [2.45, 2.75) is 37.1 Å². The van der Waals surface area contributed by atoms with Gasteiger partial charge in [-0.25, -0.2) is 18.7 Å². The number of amides is 1. The van der Waals surface area contributed by atoms with Crippen LogP contribution in [-0.2, 0) is 9.53 Å². The molecule has 2 aliphatic heterocycles. The summed E-state index contributed by atoms with van der Waals surface area (Å²) in [5.41, 5.74) is 1.62. The molecule has 4 heterocycles. The van der Waals surface area contributed by atoms with Crippen molar-refractivity contribution in [3.05, 3.63) is 30.7 Å². The van der Waals surface area contributed by atoms with Crippen LogP contribution in [-0.4, -0.2) is 64.0 Å². The molecule has 2 fully saturated rings. The van der Waals surface area contributed by atoms with E-state index in [0.717, 1.165) is 29.9 Å².